The maximum Gasteiger partial charge on any atom is 0.163 e. The van der Waals surface area contributed by atoms with Crippen LogP contribution >= 0.6 is 15.9 Å². The summed E-state index contributed by atoms with van der Waals surface area (Å²) in [5.74, 6) is 1.82. The second-order valence-electron chi connectivity index (χ2n) is 8.49. The number of aryl methyl sites for hydroxylation is 1. The van der Waals surface area contributed by atoms with Gasteiger partial charge in [0.1, 0.15) is 12.4 Å². The van der Waals surface area contributed by atoms with E-state index >= 15 is 0 Å². The van der Waals surface area contributed by atoms with Crippen molar-refractivity contribution in [3.05, 3.63) is 63.1 Å². The van der Waals surface area contributed by atoms with Gasteiger partial charge in [-0.25, -0.2) is 0 Å². The number of hydrogen-bond donors (Lipinski definition) is 1. The molecule has 0 amide bonds. The van der Waals surface area contributed by atoms with Crippen molar-refractivity contribution < 1.29 is 14.6 Å². The zero-order valence-electron chi connectivity index (χ0n) is 17.4. The molecule has 1 N–H and O–H groups in total. The number of ketones is 1. The molecule has 1 aliphatic carbocycles. The number of ether oxygens (including phenoxy) is 1. The lowest BCUT2D eigenvalue weighted by molar-refractivity contribution is 0.0994. The summed E-state index contributed by atoms with van der Waals surface area (Å²) in [4.78, 5) is 14.5. The Morgan fingerprint density at radius 3 is 2.67 bits per heavy atom. The quantitative estimate of drug-likeness (QED) is 0.617. The van der Waals surface area contributed by atoms with Gasteiger partial charge >= 0.3 is 0 Å². The molecule has 2 aliphatic rings. The molecule has 0 bridgehead atoms. The molecule has 0 atom stereocenters. The lowest BCUT2D eigenvalue weighted by Crippen LogP contribution is -2.35. The Bertz CT molecular complexity index is 890. The van der Waals surface area contributed by atoms with Crippen molar-refractivity contribution in [2.75, 3.05) is 32.8 Å². The molecule has 0 unspecified atom stereocenters. The maximum absolute atomic E-state index is 12.0. The Kier molecular flexibility index (Phi) is 7.24. The van der Waals surface area contributed by atoms with Gasteiger partial charge in [0.25, 0.3) is 0 Å². The molecule has 0 spiro atoms. The lowest BCUT2D eigenvalue weighted by Gasteiger charge is -2.32. The van der Waals surface area contributed by atoms with Gasteiger partial charge in [-0.2, -0.15) is 0 Å². The maximum atomic E-state index is 12.0. The van der Waals surface area contributed by atoms with E-state index in [1.54, 1.807) is 0 Å². The molecule has 0 saturated carbocycles. The zero-order chi connectivity index (χ0) is 20.9. The number of hydrogen-bond acceptors (Lipinski definition) is 4. The van der Waals surface area contributed by atoms with Crippen LogP contribution in [0.1, 0.15) is 46.3 Å². The Hall–Kier alpha value is -1.69. The van der Waals surface area contributed by atoms with Gasteiger partial charge in [-0.05, 0) is 102 Å². The molecule has 0 aromatic heterocycles. The Balaban J connectivity index is 1.24. The summed E-state index contributed by atoms with van der Waals surface area (Å²) in [5, 5.41) is 8.98. The van der Waals surface area contributed by atoms with Crippen molar-refractivity contribution >= 4 is 21.7 Å². The molecule has 160 valence electrons. The molecule has 5 heteroatoms. The molecule has 1 fully saturated rings. The first-order valence-corrected chi connectivity index (χ1v) is 11.8. The number of rotatable bonds is 8. The van der Waals surface area contributed by atoms with Crippen molar-refractivity contribution in [3.63, 3.8) is 0 Å². The number of fused-ring (bicyclic) bond motifs is 1. The first-order valence-electron chi connectivity index (χ1n) is 11.0. The third-order valence-electron chi connectivity index (χ3n) is 6.39. The van der Waals surface area contributed by atoms with Crippen LogP contribution in [0.2, 0.25) is 0 Å². The minimum atomic E-state index is 0.0247. The third-order valence-corrected chi connectivity index (χ3v) is 7.04. The molecule has 1 heterocycles. The van der Waals surface area contributed by atoms with Crippen LogP contribution < -0.4 is 4.74 Å². The van der Waals surface area contributed by atoms with Crippen LogP contribution in [-0.2, 0) is 19.3 Å². The van der Waals surface area contributed by atoms with Gasteiger partial charge in [0.15, 0.2) is 5.78 Å². The minimum absolute atomic E-state index is 0.0247. The number of halogens is 1. The van der Waals surface area contributed by atoms with Gasteiger partial charge in [0.2, 0.25) is 0 Å². The number of Topliss-reactive ketones (excluding diaryl/α,β-unsaturated/α-hetero) is 1. The predicted octanol–water partition coefficient (Wildman–Crippen LogP) is 4.45. The Labute approximate surface area is 187 Å². The van der Waals surface area contributed by atoms with Crippen LogP contribution in [0.5, 0.6) is 5.75 Å². The van der Waals surface area contributed by atoms with E-state index in [9.17, 15) is 4.79 Å². The number of aliphatic hydroxyl groups is 1. The Morgan fingerprint density at radius 2 is 1.87 bits per heavy atom. The number of benzene rings is 2. The standard InChI is InChI=1S/C25H30BrNO3/c26-23-5-2-20(17-25(23)30-14-13-28)15-19-8-11-27(12-9-19)10-7-18-1-3-21-4-6-24(29)22(21)16-18/h1-3,5,16-17,19,28H,4,6-15H2. The average Bonchev–Trinajstić information content (AvgIpc) is 3.14. The van der Waals surface area contributed by atoms with Gasteiger partial charge in [0.05, 0.1) is 11.1 Å². The summed E-state index contributed by atoms with van der Waals surface area (Å²) >= 11 is 3.52. The number of carbonyl (C=O) groups excluding carboxylic acids is 1. The number of aliphatic hydroxyl groups excluding tert-OH is 1. The molecule has 30 heavy (non-hydrogen) atoms. The van der Waals surface area contributed by atoms with Crippen LogP contribution in [0, 0.1) is 5.92 Å². The van der Waals surface area contributed by atoms with Crippen LogP contribution in [0.4, 0.5) is 0 Å². The molecular weight excluding hydrogens is 442 g/mol. The highest BCUT2D eigenvalue weighted by Gasteiger charge is 2.21. The SMILES string of the molecule is O=C1CCc2ccc(CCN3CCC(Cc4ccc(Br)c(OCCO)c4)CC3)cc21. The predicted molar refractivity (Wildman–Crippen MR) is 122 cm³/mol. The molecular formula is C25H30BrNO3. The summed E-state index contributed by atoms with van der Waals surface area (Å²) in [7, 11) is 0. The zero-order valence-corrected chi connectivity index (χ0v) is 19.0. The van der Waals surface area contributed by atoms with Gasteiger partial charge in [0, 0.05) is 18.5 Å². The van der Waals surface area contributed by atoms with Crippen molar-refractivity contribution in [1.82, 2.24) is 4.90 Å². The molecule has 1 aliphatic heterocycles. The lowest BCUT2D eigenvalue weighted by atomic mass is 9.90. The van der Waals surface area contributed by atoms with Gasteiger partial charge in [-0.1, -0.05) is 18.2 Å². The van der Waals surface area contributed by atoms with E-state index in [1.807, 2.05) is 6.07 Å². The first-order chi connectivity index (χ1) is 14.6. The van der Waals surface area contributed by atoms with Gasteiger partial charge in [-0.15, -0.1) is 0 Å². The fourth-order valence-corrected chi connectivity index (χ4v) is 4.98. The van der Waals surface area contributed by atoms with Crippen LogP contribution in [0.3, 0.4) is 0 Å². The van der Waals surface area contributed by atoms with Crippen molar-refractivity contribution in [2.24, 2.45) is 5.92 Å². The van der Waals surface area contributed by atoms with Crippen molar-refractivity contribution in [1.29, 1.82) is 0 Å². The molecule has 1 saturated heterocycles. The summed E-state index contributed by atoms with van der Waals surface area (Å²) in [6, 6.07) is 12.8. The van der Waals surface area contributed by atoms with Gasteiger partial charge < -0.3 is 14.7 Å². The number of likely N-dealkylation sites (tertiary alicyclic amines) is 1. The van der Waals surface area contributed by atoms with E-state index in [-0.39, 0.29) is 6.61 Å². The van der Waals surface area contributed by atoms with E-state index in [1.165, 1.54) is 29.5 Å². The van der Waals surface area contributed by atoms with Crippen LogP contribution in [0.25, 0.3) is 0 Å². The minimum Gasteiger partial charge on any atom is -0.490 e. The second kappa shape index (κ2) is 10.1. The highest BCUT2D eigenvalue weighted by Crippen LogP contribution is 2.29. The molecule has 4 rings (SSSR count). The second-order valence-corrected chi connectivity index (χ2v) is 9.34. The molecule has 2 aromatic rings. The van der Waals surface area contributed by atoms with E-state index < -0.39 is 0 Å². The first kappa shape index (κ1) is 21.5. The summed E-state index contributed by atoms with van der Waals surface area (Å²) in [6.45, 7) is 3.69. The highest BCUT2D eigenvalue weighted by molar-refractivity contribution is 9.10. The number of nitrogens with zero attached hydrogens (tertiary/aromatic N) is 1. The van der Waals surface area contributed by atoms with E-state index in [2.05, 4.69) is 51.2 Å². The van der Waals surface area contributed by atoms with E-state index in [0.717, 1.165) is 54.7 Å². The number of piperidine rings is 1. The van der Waals surface area contributed by atoms with E-state index in [0.29, 0.717) is 24.7 Å². The topological polar surface area (TPSA) is 49.8 Å². The van der Waals surface area contributed by atoms with Gasteiger partial charge in [-0.3, -0.25) is 4.79 Å². The molecule has 4 nitrogen and oxygen atoms in total. The summed E-state index contributed by atoms with van der Waals surface area (Å²) in [6.07, 6.45) is 6.11. The molecule has 2 aromatic carbocycles. The Morgan fingerprint density at radius 1 is 1.07 bits per heavy atom. The average molecular weight is 472 g/mol. The number of carbonyl (C=O) groups is 1. The van der Waals surface area contributed by atoms with Crippen LogP contribution in [0.15, 0.2) is 40.9 Å². The normalized spacial score (nSPS) is 17.3. The third kappa shape index (κ3) is 5.32. The fourth-order valence-electron chi connectivity index (χ4n) is 4.62. The van der Waals surface area contributed by atoms with Crippen molar-refractivity contribution in [2.45, 2.75) is 38.5 Å². The summed E-state index contributed by atoms with van der Waals surface area (Å²) in [5.41, 5.74) is 4.77. The van der Waals surface area contributed by atoms with E-state index in [4.69, 9.17) is 9.84 Å². The van der Waals surface area contributed by atoms with Crippen LogP contribution in [-0.4, -0.2) is 48.6 Å². The summed E-state index contributed by atoms with van der Waals surface area (Å²) < 4.78 is 6.55. The highest BCUT2D eigenvalue weighted by atomic mass is 79.9. The molecule has 0 radical (unpaired) electrons. The smallest absolute Gasteiger partial charge is 0.163 e. The largest absolute Gasteiger partial charge is 0.490 e. The van der Waals surface area contributed by atoms with Crippen molar-refractivity contribution in [3.8, 4) is 5.75 Å². The monoisotopic (exact) mass is 471 g/mol. The fraction of sp³-hybridized carbons (Fsp3) is 0.480.